The van der Waals surface area contributed by atoms with Crippen molar-refractivity contribution >= 4 is 40.1 Å². The van der Waals surface area contributed by atoms with Crippen molar-refractivity contribution in [3.63, 3.8) is 0 Å². The van der Waals surface area contributed by atoms with E-state index >= 15 is 0 Å². The van der Waals surface area contributed by atoms with E-state index in [-0.39, 0.29) is 18.0 Å². The Hall–Kier alpha value is -2.67. The van der Waals surface area contributed by atoms with E-state index < -0.39 is 17.0 Å². The number of para-hydroxylation sites is 2. The first-order valence-corrected chi connectivity index (χ1v) is 8.55. The molecule has 1 aliphatic rings. The summed E-state index contributed by atoms with van der Waals surface area (Å²) in [5, 5.41) is 2.32. The molecule has 0 saturated carbocycles. The molecule has 3 rings (SSSR count). The van der Waals surface area contributed by atoms with Crippen molar-refractivity contribution in [2.45, 2.75) is 11.7 Å². The number of thioether (sulfide) groups is 1. The molecule has 7 heteroatoms. The third kappa shape index (κ3) is 4.06. The number of nitrogens with zero attached hydrogens (tertiary/aromatic N) is 2. The Balaban J connectivity index is 1.78. The van der Waals surface area contributed by atoms with Gasteiger partial charge in [0.25, 0.3) is 0 Å². The van der Waals surface area contributed by atoms with Gasteiger partial charge in [0.15, 0.2) is 5.17 Å². The minimum Gasteiger partial charge on any atom is -0.323 e. The van der Waals surface area contributed by atoms with Crippen LogP contribution in [0.3, 0.4) is 0 Å². The molecule has 1 atom stereocenters. The van der Waals surface area contributed by atoms with E-state index in [0.717, 1.165) is 0 Å². The Bertz CT molecular complexity index is 826. The van der Waals surface area contributed by atoms with Gasteiger partial charge in [0, 0.05) is 13.5 Å². The van der Waals surface area contributed by atoms with E-state index in [4.69, 9.17) is 0 Å². The van der Waals surface area contributed by atoms with Crippen LogP contribution in [0.15, 0.2) is 59.6 Å². The van der Waals surface area contributed by atoms with Crippen LogP contribution >= 0.6 is 11.8 Å². The zero-order valence-electron chi connectivity index (χ0n) is 13.5. The van der Waals surface area contributed by atoms with Gasteiger partial charge in [-0.2, -0.15) is 0 Å². The maximum Gasteiger partial charge on any atom is 0.238 e. The van der Waals surface area contributed by atoms with E-state index in [2.05, 4.69) is 10.3 Å². The molecular formula is C18H16FN3O2S. The van der Waals surface area contributed by atoms with Crippen molar-refractivity contribution in [1.29, 1.82) is 0 Å². The Morgan fingerprint density at radius 1 is 1.20 bits per heavy atom. The van der Waals surface area contributed by atoms with Crippen LogP contribution in [0, 0.1) is 5.82 Å². The molecule has 25 heavy (non-hydrogen) atoms. The molecule has 1 fully saturated rings. The number of halogens is 1. The van der Waals surface area contributed by atoms with Crippen molar-refractivity contribution in [3.05, 3.63) is 60.4 Å². The highest BCUT2D eigenvalue weighted by atomic mass is 32.2. The first kappa shape index (κ1) is 17.2. The lowest BCUT2D eigenvalue weighted by Gasteiger charge is -2.28. The topological polar surface area (TPSA) is 61.8 Å². The number of benzene rings is 2. The van der Waals surface area contributed by atoms with E-state index in [1.54, 1.807) is 19.2 Å². The van der Waals surface area contributed by atoms with Gasteiger partial charge in [0.2, 0.25) is 11.8 Å². The second kappa shape index (κ2) is 7.48. The minimum absolute atomic E-state index is 0.0370. The van der Waals surface area contributed by atoms with E-state index in [0.29, 0.717) is 10.9 Å². The second-order valence-electron chi connectivity index (χ2n) is 5.46. The number of rotatable bonds is 3. The standard InChI is InChI=1S/C18H16FN3O2S/c1-22-16(23)11-15(17(24)21-14-10-6-5-9-13(14)19)25-18(22)20-12-7-3-2-4-8-12/h2-10,15H,11H2,1H3,(H,21,24)/t15-/m1/s1. The lowest BCUT2D eigenvalue weighted by Crippen LogP contribution is -2.43. The summed E-state index contributed by atoms with van der Waals surface area (Å²) >= 11 is 1.19. The highest BCUT2D eigenvalue weighted by molar-refractivity contribution is 8.15. The Labute approximate surface area is 148 Å². The summed E-state index contributed by atoms with van der Waals surface area (Å²) in [5.41, 5.74) is 0.792. The Morgan fingerprint density at radius 3 is 2.60 bits per heavy atom. The molecule has 0 bridgehead atoms. The van der Waals surface area contributed by atoms with Crippen molar-refractivity contribution in [3.8, 4) is 0 Å². The molecular weight excluding hydrogens is 341 g/mol. The van der Waals surface area contributed by atoms with Crippen LogP contribution in [0.25, 0.3) is 0 Å². The quantitative estimate of drug-likeness (QED) is 0.916. The molecule has 2 aromatic carbocycles. The van der Waals surface area contributed by atoms with Crippen molar-refractivity contribution in [2.75, 3.05) is 12.4 Å². The Morgan fingerprint density at radius 2 is 1.88 bits per heavy atom. The first-order chi connectivity index (χ1) is 12.0. The predicted octanol–water partition coefficient (Wildman–Crippen LogP) is 3.42. The molecule has 0 aromatic heterocycles. The summed E-state index contributed by atoms with van der Waals surface area (Å²) in [4.78, 5) is 30.5. The number of amidine groups is 1. The largest absolute Gasteiger partial charge is 0.323 e. The van der Waals surface area contributed by atoms with Crippen LogP contribution < -0.4 is 5.32 Å². The van der Waals surface area contributed by atoms with Gasteiger partial charge in [-0.15, -0.1) is 0 Å². The summed E-state index contributed by atoms with van der Waals surface area (Å²) in [6.07, 6.45) is 0.0370. The molecule has 0 aliphatic carbocycles. The second-order valence-corrected chi connectivity index (χ2v) is 6.63. The number of carbonyl (C=O) groups excluding carboxylic acids is 2. The highest BCUT2D eigenvalue weighted by Crippen LogP contribution is 2.29. The van der Waals surface area contributed by atoms with Gasteiger partial charge in [-0.3, -0.25) is 14.5 Å². The van der Waals surface area contributed by atoms with Gasteiger partial charge in [0.1, 0.15) is 11.1 Å². The summed E-state index contributed by atoms with van der Waals surface area (Å²) in [5.74, 6) is -1.14. The lowest BCUT2D eigenvalue weighted by atomic mass is 10.2. The van der Waals surface area contributed by atoms with Gasteiger partial charge < -0.3 is 5.32 Å². The van der Waals surface area contributed by atoms with E-state index in [1.165, 1.54) is 28.8 Å². The van der Waals surface area contributed by atoms with Crippen molar-refractivity contribution < 1.29 is 14.0 Å². The number of nitrogens with one attached hydrogen (secondary N) is 1. The summed E-state index contributed by atoms with van der Waals surface area (Å²) < 4.78 is 13.7. The van der Waals surface area contributed by atoms with Crippen molar-refractivity contribution in [2.24, 2.45) is 4.99 Å². The normalized spacial score (nSPS) is 19.1. The van der Waals surface area contributed by atoms with Crippen LogP contribution in [0.5, 0.6) is 0 Å². The van der Waals surface area contributed by atoms with Gasteiger partial charge in [-0.1, -0.05) is 42.1 Å². The maximum absolute atomic E-state index is 13.7. The molecule has 2 amide bonds. The molecule has 1 saturated heterocycles. The molecule has 128 valence electrons. The SMILES string of the molecule is CN1C(=O)C[C@H](C(=O)Nc2ccccc2F)SC1=Nc1ccccc1. The number of carbonyl (C=O) groups is 2. The van der Waals surface area contributed by atoms with Crippen LogP contribution in [0.1, 0.15) is 6.42 Å². The molecule has 1 heterocycles. The van der Waals surface area contributed by atoms with Gasteiger partial charge >= 0.3 is 0 Å². The first-order valence-electron chi connectivity index (χ1n) is 7.67. The van der Waals surface area contributed by atoms with E-state index in [9.17, 15) is 14.0 Å². The van der Waals surface area contributed by atoms with Gasteiger partial charge in [-0.05, 0) is 24.3 Å². The fourth-order valence-corrected chi connectivity index (χ4v) is 3.35. The molecule has 2 aromatic rings. The van der Waals surface area contributed by atoms with Crippen molar-refractivity contribution in [1.82, 2.24) is 4.90 Å². The van der Waals surface area contributed by atoms with Gasteiger partial charge in [-0.25, -0.2) is 9.38 Å². The van der Waals surface area contributed by atoms with Crippen LogP contribution in [0.2, 0.25) is 0 Å². The number of hydrogen-bond donors (Lipinski definition) is 1. The highest BCUT2D eigenvalue weighted by Gasteiger charge is 2.34. The third-order valence-electron chi connectivity index (χ3n) is 3.67. The number of hydrogen-bond acceptors (Lipinski definition) is 4. The maximum atomic E-state index is 13.7. The molecule has 0 spiro atoms. The molecule has 0 unspecified atom stereocenters. The smallest absolute Gasteiger partial charge is 0.238 e. The van der Waals surface area contributed by atoms with E-state index in [1.807, 2.05) is 30.3 Å². The van der Waals surface area contributed by atoms with Crippen LogP contribution in [-0.2, 0) is 9.59 Å². The van der Waals surface area contributed by atoms with Crippen LogP contribution in [0.4, 0.5) is 15.8 Å². The number of aliphatic imine (C=N–C) groups is 1. The predicted molar refractivity (Wildman–Crippen MR) is 97.3 cm³/mol. The summed E-state index contributed by atoms with van der Waals surface area (Å²) in [6, 6.07) is 15.1. The lowest BCUT2D eigenvalue weighted by molar-refractivity contribution is -0.128. The third-order valence-corrected chi connectivity index (χ3v) is 4.92. The Kier molecular flexibility index (Phi) is 5.14. The van der Waals surface area contributed by atoms with Crippen LogP contribution in [-0.4, -0.2) is 34.2 Å². The average Bonchev–Trinajstić information content (AvgIpc) is 2.61. The molecule has 0 radical (unpaired) electrons. The average molecular weight is 357 g/mol. The zero-order chi connectivity index (χ0) is 17.8. The fourth-order valence-electron chi connectivity index (χ4n) is 2.29. The zero-order valence-corrected chi connectivity index (χ0v) is 14.3. The number of amides is 2. The fraction of sp³-hybridized carbons (Fsp3) is 0.167. The van der Waals surface area contributed by atoms with Gasteiger partial charge in [0.05, 0.1) is 11.4 Å². The monoisotopic (exact) mass is 357 g/mol. The molecule has 5 nitrogen and oxygen atoms in total. The molecule has 1 aliphatic heterocycles. The molecule has 1 N–H and O–H groups in total. The minimum atomic E-state index is -0.661. The summed E-state index contributed by atoms with van der Waals surface area (Å²) in [6.45, 7) is 0. The number of anilines is 1. The summed E-state index contributed by atoms with van der Waals surface area (Å²) in [7, 11) is 1.63.